The highest BCUT2D eigenvalue weighted by Gasteiger charge is 2.40. The van der Waals surface area contributed by atoms with Crippen molar-refractivity contribution in [3.63, 3.8) is 0 Å². The van der Waals surface area contributed by atoms with Gasteiger partial charge in [0.05, 0.1) is 7.11 Å². The Morgan fingerprint density at radius 3 is 2.48 bits per heavy atom. The Morgan fingerprint density at radius 2 is 1.90 bits per heavy atom. The van der Waals surface area contributed by atoms with Crippen molar-refractivity contribution < 1.29 is 14.3 Å². The largest absolute Gasteiger partial charge is 0.467 e. The Hall–Kier alpha value is -1.39. The predicted molar refractivity (Wildman–Crippen MR) is 84.2 cm³/mol. The molecule has 118 valence electrons. The van der Waals surface area contributed by atoms with Crippen molar-refractivity contribution in [2.24, 2.45) is 0 Å². The fraction of sp³-hybridized carbons (Fsp3) is 0.588. The van der Waals surface area contributed by atoms with Gasteiger partial charge in [0.2, 0.25) is 0 Å². The molecule has 1 aromatic rings. The number of rotatable bonds is 10. The lowest BCUT2D eigenvalue weighted by Gasteiger charge is -2.32. The molecule has 0 aromatic heterocycles. The molecule has 1 atom stereocenters. The first-order chi connectivity index (χ1) is 10.2. The molecule has 0 heterocycles. The van der Waals surface area contributed by atoms with E-state index >= 15 is 0 Å². The van der Waals surface area contributed by atoms with Gasteiger partial charge in [-0.25, -0.2) is 4.79 Å². The van der Waals surface area contributed by atoms with E-state index in [0.29, 0.717) is 19.6 Å². The van der Waals surface area contributed by atoms with Gasteiger partial charge in [0.1, 0.15) is 5.54 Å². The Labute approximate surface area is 127 Å². The van der Waals surface area contributed by atoms with Gasteiger partial charge < -0.3 is 9.47 Å². The molecule has 0 radical (unpaired) electrons. The molecule has 0 amide bonds. The molecule has 0 aliphatic rings. The molecule has 0 aliphatic carbocycles. The highest BCUT2D eigenvalue weighted by atomic mass is 16.5. The lowest BCUT2D eigenvalue weighted by Crippen LogP contribution is -2.50. The first-order valence-electron chi connectivity index (χ1n) is 7.68. The van der Waals surface area contributed by atoms with Crippen LogP contribution in [0.1, 0.15) is 38.7 Å². The van der Waals surface area contributed by atoms with Crippen molar-refractivity contribution >= 4 is 5.97 Å². The third-order valence-corrected chi connectivity index (χ3v) is 3.54. The Morgan fingerprint density at radius 1 is 1.19 bits per heavy atom. The van der Waals surface area contributed by atoms with Crippen LogP contribution in [-0.4, -0.2) is 32.8 Å². The molecule has 1 aromatic carbocycles. The summed E-state index contributed by atoms with van der Waals surface area (Å²) in [5.41, 5.74) is 0.0783. The molecule has 0 saturated carbocycles. The van der Waals surface area contributed by atoms with Crippen molar-refractivity contribution in [2.45, 2.75) is 38.6 Å². The second-order valence-corrected chi connectivity index (χ2v) is 5.01. The maximum atomic E-state index is 12.4. The van der Waals surface area contributed by atoms with Gasteiger partial charge in [0, 0.05) is 19.6 Å². The van der Waals surface area contributed by atoms with Gasteiger partial charge in [0.15, 0.2) is 0 Å². The molecule has 0 fully saturated rings. The minimum atomic E-state index is -0.836. The fourth-order valence-corrected chi connectivity index (χ4v) is 2.40. The van der Waals surface area contributed by atoms with Crippen molar-refractivity contribution in [1.82, 2.24) is 5.32 Å². The number of benzene rings is 1. The number of ether oxygens (including phenoxy) is 2. The average molecular weight is 293 g/mol. The molecular formula is C17H27NO3. The summed E-state index contributed by atoms with van der Waals surface area (Å²) >= 11 is 0. The predicted octanol–water partition coefficient (Wildman–Crippen LogP) is 2.87. The molecule has 0 bridgehead atoms. The first kappa shape index (κ1) is 17.7. The van der Waals surface area contributed by atoms with Crippen LogP contribution < -0.4 is 5.32 Å². The molecule has 4 heteroatoms. The van der Waals surface area contributed by atoms with Gasteiger partial charge >= 0.3 is 5.97 Å². The summed E-state index contributed by atoms with van der Waals surface area (Å²) in [7, 11) is 1.43. The number of hydrogen-bond donors (Lipinski definition) is 1. The highest BCUT2D eigenvalue weighted by Crippen LogP contribution is 2.27. The Kier molecular flexibility index (Phi) is 8.01. The Balaban J connectivity index is 2.89. The number of likely N-dealkylation sites (N-methyl/N-ethyl adjacent to an activating group) is 1. The zero-order chi connectivity index (χ0) is 15.6. The van der Waals surface area contributed by atoms with Gasteiger partial charge in [-0.1, -0.05) is 50.6 Å². The van der Waals surface area contributed by atoms with Crippen LogP contribution in [-0.2, 0) is 19.8 Å². The number of unbranched alkanes of at least 4 members (excludes halogenated alkanes) is 1. The molecule has 0 saturated heterocycles. The van der Waals surface area contributed by atoms with Crippen molar-refractivity contribution in [3.8, 4) is 0 Å². The quantitative estimate of drug-likeness (QED) is 0.532. The highest BCUT2D eigenvalue weighted by molar-refractivity contribution is 5.82. The van der Waals surface area contributed by atoms with E-state index in [1.54, 1.807) is 0 Å². The maximum Gasteiger partial charge on any atom is 0.330 e. The van der Waals surface area contributed by atoms with E-state index in [9.17, 15) is 4.79 Å². The number of hydrogen-bond acceptors (Lipinski definition) is 4. The second-order valence-electron chi connectivity index (χ2n) is 5.01. The summed E-state index contributed by atoms with van der Waals surface area (Å²) < 4.78 is 10.7. The van der Waals surface area contributed by atoms with Crippen LogP contribution in [0.5, 0.6) is 0 Å². The van der Waals surface area contributed by atoms with E-state index in [1.807, 2.05) is 37.3 Å². The summed E-state index contributed by atoms with van der Waals surface area (Å²) in [6, 6.07) is 9.71. The molecule has 0 aliphatic heterocycles. The van der Waals surface area contributed by atoms with E-state index in [-0.39, 0.29) is 5.97 Å². The molecule has 1 N–H and O–H groups in total. The Bertz CT molecular complexity index is 408. The van der Waals surface area contributed by atoms with Crippen LogP contribution in [0, 0.1) is 0 Å². The number of carbonyl (C=O) groups excluding carboxylic acids is 1. The molecule has 1 rings (SSSR count). The van der Waals surface area contributed by atoms with Gasteiger partial charge in [-0.3, -0.25) is 5.32 Å². The lowest BCUT2D eigenvalue weighted by molar-refractivity contribution is -0.150. The SMILES string of the molecule is CCCCOCCC(NCC)(C(=O)OC)c1ccccc1. The number of esters is 1. The van der Waals surface area contributed by atoms with Gasteiger partial charge in [-0.15, -0.1) is 0 Å². The van der Waals surface area contributed by atoms with Crippen LogP contribution in [0.3, 0.4) is 0 Å². The summed E-state index contributed by atoms with van der Waals surface area (Å²) in [5, 5.41) is 3.30. The summed E-state index contributed by atoms with van der Waals surface area (Å²) in [5.74, 6) is -0.269. The minimum Gasteiger partial charge on any atom is -0.467 e. The van der Waals surface area contributed by atoms with Crippen molar-refractivity contribution in [1.29, 1.82) is 0 Å². The number of carbonyl (C=O) groups is 1. The third kappa shape index (κ3) is 4.83. The summed E-state index contributed by atoms with van der Waals surface area (Å²) in [4.78, 5) is 12.4. The van der Waals surface area contributed by atoms with Crippen molar-refractivity contribution in [2.75, 3.05) is 26.9 Å². The normalized spacial score (nSPS) is 13.7. The van der Waals surface area contributed by atoms with Crippen molar-refractivity contribution in [3.05, 3.63) is 35.9 Å². The molecular weight excluding hydrogens is 266 g/mol. The van der Waals surface area contributed by atoms with E-state index in [2.05, 4.69) is 12.2 Å². The monoisotopic (exact) mass is 293 g/mol. The second kappa shape index (κ2) is 9.53. The van der Waals surface area contributed by atoms with E-state index in [4.69, 9.17) is 9.47 Å². The van der Waals surface area contributed by atoms with Crippen LogP contribution in [0.25, 0.3) is 0 Å². The van der Waals surface area contributed by atoms with Crippen LogP contribution >= 0.6 is 0 Å². The summed E-state index contributed by atoms with van der Waals surface area (Å²) in [6.45, 7) is 6.05. The van der Waals surface area contributed by atoms with E-state index in [0.717, 1.165) is 25.0 Å². The third-order valence-electron chi connectivity index (χ3n) is 3.54. The van der Waals surface area contributed by atoms with Gasteiger partial charge in [0.25, 0.3) is 0 Å². The molecule has 4 nitrogen and oxygen atoms in total. The smallest absolute Gasteiger partial charge is 0.330 e. The number of methoxy groups -OCH3 is 1. The standard InChI is InChI=1S/C17H27NO3/c1-4-6-13-21-14-12-17(18-5-2,16(19)20-3)15-10-8-7-9-11-15/h7-11,18H,4-6,12-14H2,1-3H3. The van der Waals surface area contributed by atoms with E-state index < -0.39 is 5.54 Å². The lowest BCUT2D eigenvalue weighted by atomic mass is 9.86. The van der Waals surface area contributed by atoms with Gasteiger partial charge in [-0.2, -0.15) is 0 Å². The fourth-order valence-electron chi connectivity index (χ4n) is 2.40. The topological polar surface area (TPSA) is 47.6 Å². The zero-order valence-electron chi connectivity index (χ0n) is 13.4. The van der Waals surface area contributed by atoms with Crippen LogP contribution in [0.4, 0.5) is 0 Å². The average Bonchev–Trinajstić information content (AvgIpc) is 2.53. The van der Waals surface area contributed by atoms with Crippen LogP contribution in [0.2, 0.25) is 0 Å². The van der Waals surface area contributed by atoms with Gasteiger partial charge in [-0.05, 0) is 18.5 Å². The van der Waals surface area contributed by atoms with E-state index in [1.165, 1.54) is 7.11 Å². The zero-order valence-corrected chi connectivity index (χ0v) is 13.4. The maximum absolute atomic E-state index is 12.4. The van der Waals surface area contributed by atoms with Crippen LogP contribution in [0.15, 0.2) is 30.3 Å². The summed E-state index contributed by atoms with van der Waals surface area (Å²) in [6.07, 6.45) is 2.70. The first-order valence-corrected chi connectivity index (χ1v) is 7.68. The molecule has 0 spiro atoms. The minimum absolute atomic E-state index is 0.269. The number of nitrogens with one attached hydrogen (secondary N) is 1. The molecule has 1 unspecified atom stereocenters. The molecule has 21 heavy (non-hydrogen) atoms.